The smallest absolute Gasteiger partial charge is 0.303 e. The molecule has 9 heteroatoms. The zero-order valence-corrected chi connectivity index (χ0v) is 20.4. The van der Waals surface area contributed by atoms with E-state index in [1.165, 1.54) is 6.92 Å². The Labute approximate surface area is 204 Å². The Kier molecular flexibility index (Phi) is 10.0. The number of imidazole rings is 1. The molecule has 188 valence electrons. The van der Waals surface area contributed by atoms with Crippen molar-refractivity contribution in [3.05, 3.63) is 42.2 Å². The zero-order chi connectivity index (χ0) is 25.0. The number of aromatic nitrogens is 2. The molecule has 0 aliphatic rings. The number of nitrogens with one attached hydrogen (secondary N) is 3. The van der Waals surface area contributed by atoms with E-state index in [2.05, 4.69) is 22.7 Å². The van der Waals surface area contributed by atoms with Crippen LogP contribution in [-0.2, 0) is 24.0 Å². The van der Waals surface area contributed by atoms with Gasteiger partial charge in [0.25, 0.3) is 5.91 Å². The number of hydrogen-bond acceptors (Lipinski definition) is 6. The molecule has 0 fully saturated rings. The fraction of sp³-hybridized carbons (Fsp3) is 0.462. The SMILES string of the molecule is CCCCONC(=O)CCCCC[C@H](NC(=O)COC(C)=O)c1nc2c(ccc3ccccc32)[nH]1. The van der Waals surface area contributed by atoms with Gasteiger partial charge >= 0.3 is 5.97 Å². The van der Waals surface area contributed by atoms with Crippen LogP contribution in [0, 0.1) is 0 Å². The molecule has 0 aliphatic carbocycles. The summed E-state index contributed by atoms with van der Waals surface area (Å²) in [5, 5.41) is 5.05. The number of unbranched alkanes of at least 4 members (excludes halogenated alkanes) is 3. The molecular formula is C26H34N4O5. The van der Waals surface area contributed by atoms with E-state index in [0.717, 1.165) is 47.5 Å². The predicted octanol–water partition coefficient (Wildman–Crippen LogP) is 4.23. The molecule has 0 unspecified atom stereocenters. The molecule has 1 atom stereocenters. The van der Waals surface area contributed by atoms with Gasteiger partial charge in [0.1, 0.15) is 5.82 Å². The number of fused-ring (bicyclic) bond motifs is 3. The van der Waals surface area contributed by atoms with Crippen molar-refractivity contribution in [3.63, 3.8) is 0 Å². The van der Waals surface area contributed by atoms with E-state index in [-0.39, 0.29) is 24.5 Å². The van der Waals surface area contributed by atoms with Gasteiger partial charge in [0, 0.05) is 18.7 Å². The van der Waals surface area contributed by atoms with E-state index in [1.54, 1.807) is 0 Å². The third-order valence-electron chi connectivity index (χ3n) is 5.65. The van der Waals surface area contributed by atoms with Crippen LogP contribution in [0.15, 0.2) is 36.4 Å². The Morgan fingerprint density at radius 3 is 2.66 bits per heavy atom. The number of carbonyl (C=O) groups excluding carboxylic acids is 3. The van der Waals surface area contributed by atoms with Crippen LogP contribution in [-0.4, -0.2) is 41.0 Å². The van der Waals surface area contributed by atoms with Gasteiger partial charge in [-0.2, -0.15) is 0 Å². The third-order valence-corrected chi connectivity index (χ3v) is 5.65. The van der Waals surface area contributed by atoms with Gasteiger partial charge in [0.2, 0.25) is 5.91 Å². The molecule has 0 spiro atoms. The summed E-state index contributed by atoms with van der Waals surface area (Å²) >= 11 is 0. The van der Waals surface area contributed by atoms with E-state index in [9.17, 15) is 14.4 Å². The lowest BCUT2D eigenvalue weighted by molar-refractivity contribution is -0.146. The van der Waals surface area contributed by atoms with Gasteiger partial charge in [-0.25, -0.2) is 10.5 Å². The van der Waals surface area contributed by atoms with Crippen molar-refractivity contribution < 1.29 is 24.0 Å². The predicted molar refractivity (Wildman–Crippen MR) is 133 cm³/mol. The highest BCUT2D eigenvalue weighted by Gasteiger charge is 2.19. The van der Waals surface area contributed by atoms with Crippen LogP contribution in [0.1, 0.15) is 70.7 Å². The van der Waals surface area contributed by atoms with E-state index in [4.69, 9.17) is 14.6 Å². The second-order valence-corrected chi connectivity index (χ2v) is 8.53. The number of carbonyl (C=O) groups is 3. The molecule has 3 rings (SSSR count). The largest absolute Gasteiger partial charge is 0.456 e. The monoisotopic (exact) mass is 482 g/mol. The molecule has 0 radical (unpaired) electrons. The van der Waals surface area contributed by atoms with Gasteiger partial charge in [0.15, 0.2) is 6.61 Å². The first-order valence-electron chi connectivity index (χ1n) is 12.2. The average Bonchev–Trinajstić information content (AvgIpc) is 3.29. The van der Waals surface area contributed by atoms with E-state index in [0.29, 0.717) is 31.7 Å². The number of hydroxylamine groups is 1. The molecule has 2 aromatic carbocycles. The van der Waals surface area contributed by atoms with E-state index in [1.807, 2.05) is 36.4 Å². The van der Waals surface area contributed by atoms with Crippen molar-refractivity contribution in [2.24, 2.45) is 0 Å². The van der Waals surface area contributed by atoms with Gasteiger partial charge in [-0.05, 0) is 30.7 Å². The zero-order valence-electron chi connectivity index (χ0n) is 20.4. The minimum absolute atomic E-state index is 0.128. The average molecular weight is 483 g/mol. The molecule has 2 amide bonds. The summed E-state index contributed by atoms with van der Waals surface area (Å²) in [5.74, 6) is -0.380. The molecular weight excluding hydrogens is 448 g/mol. The highest BCUT2D eigenvalue weighted by Crippen LogP contribution is 2.27. The van der Waals surface area contributed by atoms with Crippen LogP contribution in [0.2, 0.25) is 0 Å². The van der Waals surface area contributed by atoms with Gasteiger partial charge in [0.05, 0.1) is 23.7 Å². The van der Waals surface area contributed by atoms with Gasteiger partial charge in [-0.3, -0.25) is 19.2 Å². The summed E-state index contributed by atoms with van der Waals surface area (Å²) in [5.41, 5.74) is 4.20. The number of benzene rings is 2. The van der Waals surface area contributed by atoms with Crippen LogP contribution in [0.4, 0.5) is 0 Å². The first kappa shape index (κ1) is 26.2. The normalized spacial score (nSPS) is 11.9. The first-order chi connectivity index (χ1) is 17.0. The lowest BCUT2D eigenvalue weighted by atomic mass is 10.1. The van der Waals surface area contributed by atoms with Gasteiger partial charge < -0.3 is 15.0 Å². The summed E-state index contributed by atoms with van der Waals surface area (Å²) in [6.07, 6.45) is 5.22. The summed E-state index contributed by atoms with van der Waals surface area (Å²) < 4.78 is 4.84. The number of esters is 1. The maximum absolute atomic E-state index is 12.4. The molecule has 35 heavy (non-hydrogen) atoms. The van der Waals surface area contributed by atoms with Crippen molar-refractivity contribution >= 4 is 39.6 Å². The topological polar surface area (TPSA) is 122 Å². The summed E-state index contributed by atoms with van der Waals surface area (Å²) in [4.78, 5) is 48.6. The van der Waals surface area contributed by atoms with Crippen molar-refractivity contribution in [2.45, 2.75) is 64.8 Å². The third kappa shape index (κ3) is 8.06. The lowest BCUT2D eigenvalue weighted by Crippen LogP contribution is -2.32. The second kappa shape index (κ2) is 13.4. The Hall–Kier alpha value is -3.46. The van der Waals surface area contributed by atoms with Crippen LogP contribution >= 0.6 is 0 Å². The number of amides is 2. The van der Waals surface area contributed by atoms with E-state index >= 15 is 0 Å². The molecule has 3 N–H and O–H groups in total. The van der Waals surface area contributed by atoms with Crippen molar-refractivity contribution in [3.8, 4) is 0 Å². The molecule has 9 nitrogen and oxygen atoms in total. The number of nitrogens with zero attached hydrogens (tertiary/aromatic N) is 1. The molecule has 0 bridgehead atoms. The highest BCUT2D eigenvalue weighted by molar-refractivity contribution is 6.04. The van der Waals surface area contributed by atoms with Crippen LogP contribution in [0.25, 0.3) is 21.8 Å². The highest BCUT2D eigenvalue weighted by atomic mass is 16.6. The molecule has 1 aromatic heterocycles. The van der Waals surface area contributed by atoms with Gasteiger partial charge in [-0.15, -0.1) is 0 Å². The Balaban J connectivity index is 1.61. The Bertz CT molecular complexity index is 1140. The molecule has 0 aliphatic heterocycles. The van der Waals surface area contributed by atoms with E-state index < -0.39 is 5.97 Å². The summed E-state index contributed by atoms with van der Waals surface area (Å²) in [6.45, 7) is 3.50. The maximum Gasteiger partial charge on any atom is 0.303 e. The molecule has 0 saturated heterocycles. The fourth-order valence-corrected chi connectivity index (χ4v) is 3.82. The quantitative estimate of drug-likeness (QED) is 0.179. The van der Waals surface area contributed by atoms with Crippen LogP contribution < -0.4 is 10.8 Å². The Morgan fingerprint density at radius 2 is 1.86 bits per heavy atom. The van der Waals surface area contributed by atoms with Crippen LogP contribution in [0.3, 0.4) is 0 Å². The molecule has 0 saturated carbocycles. The second-order valence-electron chi connectivity index (χ2n) is 8.53. The number of H-pyrrole nitrogens is 1. The van der Waals surface area contributed by atoms with Crippen LogP contribution in [0.5, 0.6) is 0 Å². The van der Waals surface area contributed by atoms with Crippen molar-refractivity contribution in [1.82, 2.24) is 20.8 Å². The first-order valence-corrected chi connectivity index (χ1v) is 12.2. The minimum Gasteiger partial charge on any atom is -0.456 e. The maximum atomic E-state index is 12.4. The standard InChI is InChI=1S/C26H34N4O5/c1-3-4-16-35-30-23(32)13-7-5-6-12-22(27-24(33)17-34-18(2)31)26-28-21-15-14-19-10-8-9-11-20(19)25(21)29-26/h8-11,14-15,22H,3-7,12-13,16-17H2,1-2H3,(H,27,33)(H,28,29)(H,30,32)/t22-/m0/s1. The minimum atomic E-state index is -0.510. The summed E-state index contributed by atoms with van der Waals surface area (Å²) in [7, 11) is 0. The number of ether oxygens (including phenoxy) is 1. The summed E-state index contributed by atoms with van der Waals surface area (Å²) in [6, 6.07) is 11.6. The lowest BCUT2D eigenvalue weighted by Gasteiger charge is -2.16. The molecule has 1 heterocycles. The number of hydrogen-bond donors (Lipinski definition) is 3. The van der Waals surface area contributed by atoms with Crippen molar-refractivity contribution in [1.29, 1.82) is 0 Å². The van der Waals surface area contributed by atoms with Gasteiger partial charge in [-0.1, -0.05) is 56.5 Å². The fourth-order valence-electron chi connectivity index (χ4n) is 3.82. The Morgan fingerprint density at radius 1 is 1.03 bits per heavy atom. The number of rotatable bonds is 14. The molecule has 3 aromatic rings. The van der Waals surface area contributed by atoms with Crippen molar-refractivity contribution in [2.75, 3.05) is 13.2 Å². The number of aromatic amines is 1.